The van der Waals surface area contributed by atoms with Crippen LogP contribution in [0.5, 0.6) is 0 Å². The Morgan fingerprint density at radius 1 is 1.60 bits per heavy atom. The van der Waals surface area contributed by atoms with Gasteiger partial charge in [-0.1, -0.05) is 0 Å². The predicted octanol–water partition coefficient (Wildman–Crippen LogP) is -0.311. The molecule has 0 unspecified atom stereocenters. The lowest BCUT2D eigenvalue weighted by Crippen LogP contribution is -2.48. The van der Waals surface area contributed by atoms with E-state index in [0.29, 0.717) is 5.75 Å². The Balaban J connectivity index is 2.82. The van der Waals surface area contributed by atoms with E-state index in [2.05, 4.69) is 4.72 Å². The van der Waals surface area contributed by atoms with Crippen molar-refractivity contribution in [1.82, 2.24) is 9.03 Å². The first kappa shape index (κ1) is 12.8. The molecule has 0 aromatic carbocycles. The summed E-state index contributed by atoms with van der Waals surface area (Å²) in [7, 11) is -3.67. The molecule has 1 atom stereocenters. The number of carbonyl (C=O) groups is 1. The summed E-state index contributed by atoms with van der Waals surface area (Å²) < 4.78 is 26.7. The zero-order valence-corrected chi connectivity index (χ0v) is 10.1. The molecule has 1 fully saturated rings. The van der Waals surface area contributed by atoms with Gasteiger partial charge in [-0.2, -0.15) is 17.4 Å². The van der Waals surface area contributed by atoms with Crippen molar-refractivity contribution in [3.63, 3.8) is 0 Å². The summed E-state index contributed by atoms with van der Waals surface area (Å²) in [4.78, 5) is 10.8. The average molecular weight is 254 g/mol. The van der Waals surface area contributed by atoms with E-state index in [0.717, 1.165) is 4.31 Å². The van der Waals surface area contributed by atoms with Crippen molar-refractivity contribution in [3.05, 3.63) is 0 Å². The highest BCUT2D eigenvalue weighted by Crippen LogP contribution is 2.23. The molecule has 0 amide bonds. The van der Waals surface area contributed by atoms with Gasteiger partial charge in [0.1, 0.15) is 6.04 Å². The van der Waals surface area contributed by atoms with E-state index in [9.17, 15) is 13.2 Å². The fraction of sp³-hybridized carbons (Fsp3) is 0.857. The summed E-state index contributed by atoms with van der Waals surface area (Å²) in [6.07, 6.45) is 0. The van der Waals surface area contributed by atoms with Crippen LogP contribution in [0.4, 0.5) is 0 Å². The van der Waals surface area contributed by atoms with E-state index < -0.39 is 22.2 Å². The highest BCUT2D eigenvalue weighted by atomic mass is 32.2. The summed E-state index contributed by atoms with van der Waals surface area (Å²) in [6.45, 7) is 3.38. The van der Waals surface area contributed by atoms with Crippen molar-refractivity contribution in [1.29, 1.82) is 0 Å². The van der Waals surface area contributed by atoms with Crippen LogP contribution in [0.2, 0.25) is 0 Å². The van der Waals surface area contributed by atoms with Crippen LogP contribution in [0.3, 0.4) is 0 Å². The monoisotopic (exact) mass is 254 g/mol. The second-order valence-electron chi connectivity index (χ2n) is 3.52. The van der Waals surface area contributed by atoms with Crippen molar-refractivity contribution in [3.8, 4) is 0 Å². The van der Waals surface area contributed by atoms with Crippen molar-refractivity contribution in [2.24, 2.45) is 0 Å². The Labute approximate surface area is 93.2 Å². The SMILES string of the molecule is CC(C)NS(=O)(=O)N1CSC[C@H]1C(=O)O. The minimum atomic E-state index is -3.67. The first-order valence-electron chi connectivity index (χ1n) is 4.44. The molecule has 1 aliphatic rings. The fourth-order valence-corrected chi connectivity index (χ4v) is 4.34. The molecule has 0 aromatic heterocycles. The lowest BCUT2D eigenvalue weighted by molar-refractivity contribution is -0.140. The number of nitrogens with one attached hydrogen (secondary N) is 1. The molecular formula is C7H14N2O4S2. The molecule has 88 valence electrons. The van der Waals surface area contributed by atoms with Gasteiger partial charge in [-0.05, 0) is 13.8 Å². The highest BCUT2D eigenvalue weighted by molar-refractivity contribution is 8.00. The molecule has 0 radical (unpaired) electrons. The minimum Gasteiger partial charge on any atom is -0.480 e. The van der Waals surface area contributed by atoms with Gasteiger partial charge in [-0.15, -0.1) is 11.8 Å². The van der Waals surface area contributed by atoms with Gasteiger partial charge in [0, 0.05) is 11.8 Å². The first-order chi connectivity index (χ1) is 6.84. The summed E-state index contributed by atoms with van der Waals surface area (Å²) in [6, 6.07) is -1.19. The van der Waals surface area contributed by atoms with E-state index in [1.807, 2.05) is 0 Å². The number of rotatable bonds is 4. The zero-order valence-electron chi connectivity index (χ0n) is 8.50. The van der Waals surface area contributed by atoms with Crippen LogP contribution in [-0.2, 0) is 15.0 Å². The van der Waals surface area contributed by atoms with Crippen molar-refractivity contribution in [2.75, 3.05) is 11.6 Å². The Morgan fingerprint density at radius 3 is 2.67 bits per heavy atom. The standard InChI is InChI=1S/C7H14N2O4S2/c1-5(2)8-15(12,13)9-4-14-3-6(9)7(10)11/h5-6,8H,3-4H2,1-2H3,(H,10,11)/t6-/m0/s1. The van der Waals surface area contributed by atoms with E-state index >= 15 is 0 Å². The van der Waals surface area contributed by atoms with Crippen LogP contribution in [-0.4, -0.2) is 47.5 Å². The van der Waals surface area contributed by atoms with Gasteiger partial charge in [0.05, 0.1) is 5.88 Å². The van der Waals surface area contributed by atoms with Crippen LogP contribution < -0.4 is 4.72 Å². The smallest absolute Gasteiger partial charge is 0.322 e. The van der Waals surface area contributed by atoms with E-state index in [1.165, 1.54) is 11.8 Å². The van der Waals surface area contributed by atoms with Crippen molar-refractivity contribution in [2.45, 2.75) is 25.9 Å². The van der Waals surface area contributed by atoms with Crippen LogP contribution in [0.1, 0.15) is 13.8 Å². The summed E-state index contributed by atoms with van der Waals surface area (Å²) in [5, 5.41) is 8.83. The van der Waals surface area contributed by atoms with Gasteiger partial charge in [-0.25, -0.2) is 0 Å². The second-order valence-corrected chi connectivity index (χ2v) is 6.17. The topological polar surface area (TPSA) is 86.7 Å². The highest BCUT2D eigenvalue weighted by Gasteiger charge is 2.39. The Bertz CT molecular complexity index is 341. The van der Waals surface area contributed by atoms with Crippen LogP contribution in [0, 0.1) is 0 Å². The molecule has 1 rings (SSSR count). The normalized spacial score (nSPS) is 23.5. The number of thioether (sulfide) groups is 1. The first-order valence-corrected chi connectivity index (χ1v) is 7.03. The molecule has 0 saturated carbocycles. The molecule has 2 N–H and O–H groups in total. The van der Waals surface area contributed by atoms with E-state index in [4.69, 9.17) is 5.11 Å². The molecule has 8 heteroatoms. The molecule has 1 saturated heterocycles. The van der Waals surface area contributed by atoms with Crippen LogP contribution in [0.15, 0.2) is 0 Å². The maximum Gasteiger partial charge on any atom is 0.322 e. The molecule has 1 aliphatic heterocycles. The number of carboxylic acids is 1. The molecule has 0 bridgehead atoms. The number of nitrogens with zero attached hydrogens (tertiary/aromatic N) is 1. The molecular weight excluding hydrogens is 240 g/mol. The lowest BCUT2D eigenvalue weighted by Gasteiger charge is -2.21. The molecule has 15 heavy (non-hydrogen) atoms. The minimum absolute atomic E-state index is 0.193. The zero-order chi connectivity index (χ0) is 11.6. The largest absolute Gasteiger partial charge is 0.480 e. The third-order valence-corrected chi connectivity index (χ3v) is 4.77. The third kappa shape index (κ3) is 3.07. The van der Waals surface area contributed by atoms with Gasteiger partial charge >= 0.3 is 5.97 Å². The predicted molar refractivity (Wildman–Crippen MR) is 57.8 cm³/mol. The summed E-state index contributed by atoms with van der Waals surface area (Å²) in [5.74, 6) is -0.609. The van der Waals surface area contributed by atoms with Crippen LogP contribution in [0.25, 0.3) is 0 Å². The fourth-order valence-electron chi connectivity index (χ4n) is 1.22. The van der Waals surface area contributed by atoms with Gasteiger partial charge in [0.2, 0.25) is 0 Å². The number of aliphatic carboxylic acids is 1. The molecule has 1 heterocycles. The molecule has 0 aromatic rings. The van der Waals surface area contributed by atoms with Crippen LogP contribution >= 0.6 is 11.8 Å². The van der Waals surface area contributed by atoms with E-state index in [1.54, 1.807) is 13.8 Å². The maximum absolute atomic E-state index is 11.7. The van der Waals surface area contributed by atoms with Gasteiger partial charge in [-0.3, -0.25) is 4.79 Å². The molecule has 0 aliphatic carbocycles. The maximum atomic E-state index is 11.7. The number of hydrogen-bond donors (Lipinski definition) is 2. The van der Waals surface area contributed by atoms with E-state index in [-0.39, 0.29) is 11.9 Å². The van der Waals surface area contributed by atoms with Gasteiger partial charge < -0.3 is 5.11 Å². The Morgan fingerprint density at radius 2 is 2.20 bits per heavy atom. The molecule has 0 spiro atoms. The Hall–Kier alpha value is -0.310. The second kappa shape index (κ2) is 4.69. The lowest BCUT2D eigenvalue weighted by atomic mass is 10.4. The number of hydrogen-bond acceptors (Lipinski definition) is 4. The summed E-state index contributed by atoms with van der Waals surface area (Å²) >= 11 is 1.30. The molecule has 6 nitrogen and oxygen atoms in total. The third-order valence-electron chi connectivity index (χ3n) is 1.82. The van der Waals surface area contributed by atoms with Crippen molar-refractivity contribution < 1.29 is 18.3 Å². The quantitative estimate of drug-likeness (QED) is 0.718. The average Bonchev–Trinajstić information content (AvgIpc) is 2.48. The Kier molecular flexibility index (Phi) is 3.99. The van der Waals surface area contributed by atoms with Gasteiger partial charge in [0.15, 0.2) is 0 Å². The van der Waals surface area contributed by atoms with Crippen molar-refractivity contribution >= 4 is 27.9 Å². The van der Waals surface area contributed by atoms with Gasteiger partial charge in [0.25, 0.3) is 10.2 Å². The number of carboxylic acid groups (broad SMARTS) is 1. The summed E-state index contributed by atoms with van der Waals surface area (Å²) in [5.41, 5.74) is 0.